The molecule has 0 aliphatic heterocycles. The topological polar surface area (TPSA) is 17.1 Å². The van der Waals surface area contributed by atoms with Gasteiger partial charge in [0.2, 0.25) is 0 Å². The lowest BCUT2D eigenvalue weighted by Gasteiger charge is -1.88. The number of carbonyl (C=O) groups is 1. The van der Waals surface area contributed by atoms with Crippen LogP contribution in [0.1, 0.15) is 0 Å². The van der Waals surface area contributed by atoms with Crippen LogP contribution in [0.3, 0.4) is 0 Å². The predicted octanol–water partition coefficient (Wildman–Crippen LogP) is -0.329. The first-order valence-electron chi connectivity index (χ1n) is 2.91. The second-order valence-corrected chi connectivity index (χ2v) is 3.41. The first-order valence-corrected chi connectivity index (χ1v) is 4.43. The van der Waals surface area contributed by atoms with E-state index in [-0.39, 0.29) is 0 Å². The molecule has 1 aromatic rings. The molecule has 0 aliphatic carbocycles. The van der Waals surface area contributed by atoms with Crippen molar-refractivity contribution in [2.75, 3.05) is 0 Å². The molecule has 0 radical (unpaired) electrons. The number of benzene rings is 1. The highest BCUT2D eigenvalue weighted by molar-refractivity contribution is 6.78. The summed E-state index contributed by atoms with van der Waals surface area (Å²) in [6.45, 7) is 0. The van der Waals surface area contributed by atoms with Crippen LogP contribution < -0.4 is 5.19 Å². The number of carbonyl (C=O) groups excluding carboxylic acids is 1. The van der Waals surface area contributed by atoms with Crippen molar-refractivity contribution < 1.29 is 4.79 Å². The third kappa shape index (κ3) is 1.81. The summed E-state index contributed by atoms with van der Waals surface area (Å²) in [5, 5.41) is 1.22. The van der Waals surface area contributed by atoms with Gasteiger partial charge < -0.3 is 4.79 Å². The Morgan fingerprint density at radius 3 is 2.44 bits per heavy atom. The minimum absolute atomic E-state index is 0.582. The molecule has 0 heterocycles. The average molecular weight is 136 g/mol. The van der Waals surface area contributed by atoms with Crippen molar-refractivity contribution in [3.8, 4) is 0 Å². The van der Waals surface area contributed by atoms with E-state index in [2.05, 4.69) is 0 Å². The van der Waals surface area contributed by atoms with Crippen molar-refractivity contribution in [3.63, 3.8) is 0 Å². The zero-order valence-electron chi connectivity index (χ0n) is 5.08. The quantitative estimate of drug-likeness (QED) is 0.402. The highest BCUT2D eigenvalue weighted by Crippen LogP contribution is 1.78. The van der Waals surface area contributed by atoms with Gasteiger partial charge in [0.25, 0.3) is 0 Å². The molecular formula is C7H8OSi. The molecule has 0 aromatic heterocycles. The largest absolute Gasteiger partial charge is 0.309 e. The molecule has 0 bridgehead atoms. The molecule has 0 unspecified atom stereocenters. The Labute approximate surface area is 56.5 Å². The lowest BCUT2D eigenvalue weighted by atomic mass is 10.4. The fourth-order valence-electron chi connectivity index (χ4n) is 0.710. The Morgan fingerprint density at radius 1 is 1.22 bits per heavy atom. The third-order valence-electron chi connectivity index (χ3n) is 1.16. The summed E-state index contributed by atoms with van der Waals surface area (Å²) in [4.78, 5) is 10.0. The molecule has 0 fully saturated rings. The van der Waals surface area contributed by atoms with Gasteiger partial charge in [-0.25, -0.2) is 0 Å². The summed E-state index contributed by atoms with van der Waals surface area (Å²) >= 11 is 0. The van der Waals surface area contributed by atoms with E-state index in [1.807, 2.05) is 30.3 Å². The van der Waals surface area contributed by atoms with Crippen LogP contribution in [0, 0.1) is 0 Å². The van der Waals surface area contributed by atoms with Gasteiger partial charge in [0, 0.05) is 0 Å². The zero-order chi connectivity index (χ0) is 6.53. The molecule has 0 spiro atoms. The van der Waals surface area contributed by atoms with Gasteiger partial charge in [0.15, 0.2) is 0 Å². The first kappa shape index (κ1) is 6.23. The zero-order valence-corrected chi connectivity index (χ0v) is 6.49. The van der Waals surface area contributed by atoms with Crippen LogP contribution in [0.15, 0.2) is 30.3 Å². The maximum atomic E-state index is 10.0. The van der Waals surface area contributed by atoms with Gasteiger partial charge in [-0.3, -0.25) is 0 Å². The summed E-state index contributed by atoms with van der Waals surface area (Å²) < 4.78 is 0. The van der Waals surface area contributed by atoms with Gasteiger partial charge in [-0.05, 0) is 0 Å². The van der Waals surface area contributed by atoms with E-state index in [9.17, 15) is 4.79 Å². The van der Waals surface area contributed by atoms with Crippen LogP contribution in [0.2, 0.25) is 0 Å². The second-order valence-electron chi connectivity index (χ2n) is 1.86. The fourth-order valence-corrected chi connectivity index (χ4v) is 1.45. The van der Waals surface area contributed by atoms with Crippen LogP contribution in [0.4, 0.5) is 0 Å². The van der Waals surface area contributed by atoms with Crippen LogP contribution in [-0.4, -0.2) is 15.4 Å². The molecule has 1 nitrogen and oxygen atoms in total. The second kappa shape index (κ2) is 3.20. The predicted molar refractivity (Wildman–Crippen MR) is 41.4 cm³/mol. The van der Waals surface area contributed by atoms with Crippen molar-refractivity contribution in [2.45, 2.75) is 0 Å². The van der Waals surface area contributed by atoms with Gasteiger partial charge in [-0.15, -0.1) is 0 Å². The summed E-state index contributed by atoms with van der Waals surface area (Å²) in [5.41, 5.74) is 0. The standard InChI is InChI=1S/C7H8OSi/c8-6-9-7-4-2-1-3-5-7/h1-6H,9H2. The number of hydrogen-bond donors (Lipinski definition) is 0. The van der Waals surface area contributed by atoms with E-state index >= 15 is 0 Å². The molecule has 46 valence electrons. The van der Waals surface area contributed by atoms with Crippen molar-refractivity contribution in [1.29, 1.82) is 0 Å². The minimum Gasteiger partial charge on any atom is -0.309 e. The smallest absolute Gasteiger partial charge is 0.129 e. The van der Waals surface area contributed by atoms with Gasteiger partial charge in [-0.2, -0.15) is 0 Å². The van der Waals surface area contributed by atoms with Crippen molar-refractivity contribution in [3.05, 3.63) is 30.3 Å². The first-order chi connectivity index (χ1) is 4.43. The van der Waals surface area contributed by atoms with Crippen molar-refractivity contribution in [2.24, 2.45) is 0 Å². The third-order valence-corrected chi connectivity index (χ3v) is 2.27. The van der Waals surface area contributed by atoms with Gasteiger partial charge in [0.05, 0.1) is 5.91 Å². The van der Waals surface area contributed by atoms with E-state index in [1.54, 1.807) is 0 Å². The van der Waals surface area contributed by atoms with E-state index in [0.29, 0.717) is 0 Å². The molecule has 0 N–H and O–H groups in total. The van der Waals surface area contributed by atoms with E-state index in [4.69, 9.17) is 0 Å². The molecule has 0 saturated heterocycles. The lowest BCUT2D eigenvalue weighted by Crippen LogP contribution is -2.13. The normalized spacial score (nSPS) is 10.2. The maximum absolute atomic E-state index is 10.0. The van der Waals surface area contributed by atoms with Crippen LogP contribution in [-0.2, 0) is 4.79 Å². The Bertz CT molecular complexity index is 183. The SMILES string of the molecule is O=C[SiH2]c1ccccc1. The molecule has 0 saturated carbocycles. The highest BCUT2D eigenvalue weighted by Gasteiger charge is 1.86. The Morgan fingerprint density at radius 2 is 1.89 bits per heavy atom. The van der Waals surface area contributed by atoms with Crippen molar-refractivity contribution >= 4 is 20.6 Å². The fraction of sp³-hybridized carbons (Fsp3) is 0. The molecule has 1 aromatic carbocycles. The maximum Gasteiger partial charge on any atom is 0.129 e. The van der Waals surface area contributed by atoms with E-state index in [1.165, 1.54) is 5.19 Å². The summed E-state index contributed by atoms with van der Waals surface area (Å²) in [6.07, 6.45) is 0. The highest BCUT2D eigenvalue weighted by atomic mass is 28.2. The molecule has 1 rings (SSSR count). The molecule has 9 heavy (non-hydrogen) atoms. The Kier molecular flexibility index (Phi) is 2.21. The molecule has 0 atom stereocenters. The summed E-state index contributed by atoms with van der Waals surface area (Å²) in [5.74, 6) is 1.05. The van der Waals surface area contributed by atoms with Gasteiger partial charge >= 0.3 is 0 Å². The average Bonchev–Trinajstić information content (AvgIpc) is 1.91. The van der Waals surface area contributed by atoms with Crippen LogP contribution >= 0.6 is 0 Å². The Balaban J connectivity index is 2.72. The molecular weight excluding hydrogens is 128 g/mol. The molecule has 0 amide bonds. The molecule has 2 heteroatoms. The van der Waals surface area contributed by atoms with Crippen LogP contribution in [0.5, 0.6) is 0 Å². The summed E-state index contributed by atoms with van der Waals surface area (Å²) in [6, 6.07) is 9.89. The van der Waals surface area contributed by atoms with E-state index in [0.717, 1.165) is 5.91 Å². The monoisotopic (exact) mass is 136 g/mol. The Hall–Kier alpha value is -0.893. The number of hydrogen-bond acceptors (Lipinski definition) is 1. The van der Waals surface area contributed by atoms with Gasteiger partial charge in [0.1, 0.15) is 9.52 Å². The van der Waals surface area contributed by atoms with E-state index < -0.39 is 9.52 Å². The lowest BCUT2D eigenvalue weighted by molar-refractivity contribution is 0.568. The minimum atomic E-state index is -0.582. The number of rotatable bonds is 2. The van der Waals surface area contributed by atoms with Crippen molar-refractivity contribution in [1.82, 2.24) is 0 Å². The van der Waals surface area contributed by atoms with Crippen LogP contribution in [0.25, 0.3) is 0 Å². The molecule has 0 aliphatic rings. The van der Waals surface area contributed by atoms with Gasteiger partial charge in [-0.1, -0.05) is 35.5 Å². The summed E-state index contributed by atoms with van der Waals surface area (Å²) in [7, 11) is -0.582.